The molecular formula is C12H15NO3. The molecule has 0 spiro atoms. The summed E-state index contributed by atoms with van der Waals surface area (Å²) in [6.45, 7) is 2.14. The monoisotopic (exact) mass is 221 g/mol. The Bertz CT molecular complexity index is 388. The van der Waals surface area contributed by atoms with Crippen molar-refractivity contribution in [3.8, 4) is 0 Å². The van der Waals surface area contributed by atoms with Gasteiger partial charge in [-0.05, 0) is 12.5 Å². The minimum Gasteiger partial charge on any atom is -0.481 e. The number of rotatable bonds is 5. The summed E-state index contributed by atoms with van der Waals surface area (Å²) in [7, 11) is 0. The second-order valence-corrected chi connectivity index (χ2v) is 3.66. The molecule has 0 unspecified atom stereocenters. The minimum absolute atomic E-state index is 0.0421. The summed E-state index contributed by atoms with van der Waals surface area (Å²) in [6, 6.07) is 7.68. The number of amides is 1. The van der Waals surface area contributed by atoms with Crippen molar-refractivity contribution < 1.29 is 14.7 Å². The van der Waals surface area contributed by atoms with Crippen LogP contribution in [0.5, 0.6) is 0 Å². The molecule has 16 heavy (non-hydrogen) atoms. The van der Waals surface area contributed by atoms with Crippen molar-refractivity contribution in [3.05, 3.63) is 35.4 Å². The molecule has 4 heteroatoms. The van der Waals surface area contributed by atoms with E-state index in [4.69, 9.17) is 5.11 Å². The molecule has 0 saturated carbocycles. The van der Waals surface area contributed by atoms with Crippen molar-refractivity contribution >= 4 is 11.9 Å². The van der Waals surface area contributed by atoms with Gasteiger partial charge >= 0.3 is 5.97 Å². The zero-order chi connectivity index (χ0) is 12.0. The molecule has 0 aromatic heterocycles. The summed E-state index contributed by atoms with van der Waals surface area (Å²) in [5.41, 5.74) is 2.05. The summed E-state index contributed by atoms with van der Waals surface area (Å²) < 4.78 is 0. The van der Waals surface area contributed by atoms with Gasteiger partial charge in [-0.15, -0.1) is 0 Å². The number of hydrogen-bond donors (Lipinski definition) is 2. The van der Waals surface area contributed by atoms with Gasteiger partial charge in [0.15, 0.2) is 0 Å². The second kappa shape index (κ2) is 5.90. The van der Waals surface area contributed by atoms with Crippen LogP contribution < -0.4 is 5.32 Å². The average Bonchev–Trinajstić information content (AvgIpc) is 2.16. The van der Waals surface area contributed by atoms with Crippen molar-refractivity contribution in [2.75, 3.05) is 6.54 Å². The molecule has 1 amide bonds. The first-order chi connectivity index (χ1) is 7.58. The maximum absolute atomic E-state index is 11.4. The lowest BCUT2D eigenvalue weighted by atomic mass is 10.1. The van der Waals surface area contributed by atoms with E-state index < -0.39 is 5.97 Å². The molecular weight excluding hydrogens is 206 g/mol. The van der Waals surface area contributed by atoms with Crippen LogP contribution in [0.1, 0.15) is 17.5 Å². The van der Waals surface area contributed by atoms with Gasteiger partial charge < -0.3 is 10.4 Å². The number of hydrogen-bond acceptors (Lipinski definition) is 2. The highest BCUT2D eigenvalue weighted by molar-refractivity contribution is 5.79. The maximum atomic E-state index is 11.4. The Labute approximate surface area is 94.3 Å². The number of carboxylic acids is 1. The van der Waals surface area contributed by atoms with E-state index in [1.807, 2.05) is 31.2 Å². The lowest BCUT2D eigenvalue weighted by molar-refractivity contribution is -0.136. The van der Waals surface area contributed by atoms with Crippen LogP contribution in [-0.2, 0) is 16.0 Å². The summed E-state index contributed by atoms with van der Waals surface area (Å²) in [6.07, 6.45) is 0.251. The maximum Gasteiger partial charge on any atom is 0.305 e. The van der Waals surface area contributed by atoms with Crippen LogP contribution in [-0.4, -0.2) is 23.5 Å². The summed E-state index contributed by atoms with van der Waals surface area (Å²) in [4.78, 5) is 21.6. The van der Waals surface area contributed by atoms with Crippen molar-refractivity contribution in [2.24, 2.45) is 0 Å². The first-order valence-corrected chi connectivity index (χ1v) is 5.12. The summed E-state index contributed by atoms with van der Waals surface area (Å²) in [5, 5.41) is 11.0. The molecule has 2 N–H and O–H groups in total. The van der Waals surface area contributed by atoms with E-state index in [1.165, 1.54) is 0 Å². The Hall–Kier alpha value is -1.84. The predicted molar refractivity (Wildman–Crippen MR) is 60.1 cm³/mol. The standard InChI is InChI=1S/C12H15NO3/c1-9-3-2-4-10(7-9)8-11(14)13-6-5-12(15)16/h2-4,7H,5-6,8H2,1H3,(H,13,14)(H,15,16). The molecule has 0 bridgehead atoms. The summed E-state index contributed by atoms with van der Waals surface area (Å²) >= 11 is 0. The highest BCUT2D eigenvalue weighted by Crippen LogP contribution is 2.04. The van der Waals surface area contributed by atoms with Crippen LogP contribution in [0.2, 0.25) is 0 Å². The van der Waals surface area contributed by atoms with Gasteiger partial charge in [-0.3, -0.25) is 9.59 Å². The number of carbonyl (C=O) groups excluding carboxylic acids is 1. The number of aryl methyl sites for hydroxylation is 1. The zero-order valence-electron chi connectivity index (χ0n) is 9.19. The Kier molecular flexibility index (Phi) is 4.51. The van der Waals surface area contributed by atoms with Gasteiger partial charge in [0.05, 0.1) is 12.8 Å². The second-order valence-electron chi connectivity index (χ2n) is 3.66. The predicted octanol–water partition coefficient (Wildman–Crippen LogP) is 1.13. The van der Waals surface area contributed by atoms with Gasteiger partial charge in [0, 0.05) is 6.54 Å². The van der Waals surface area contributed by atoms with Crippen molar-refractivity contribution in [3.63, 3.8) is 0 Å². The molecule has 0 saturated heterocycles. The minimum atomic E-state index is -0.907. The smallest absolute Gasteiger partial charge is 0.305 e. The number of benzene rings is 1. The Balaban J connectivity index is 2.37. The van der Waals surface area contributed by atoms with Crippen molar-refractivity contribution in [1.29, 1.82) is 0 Å². The lowest BCUT2D eigenvalue weighted by Crippen LogP contribution is -2.27. The Morgan fingerprint density at radius 3 is 2.75 bits per heavy atom. The molecule has 0 aliphatic carbocycles. The normalized spacial score (nSPS) is 9.81. The zero-order valence-corrected chi connectivity index (χ0v) is 9.19. The molecule has 0 radical (unpaired) electrons. The average molecular weight is 221 g/mol. The first kappa shape index (κ1) is 12.2. The first-order valence-electron chi connectivity index (χ1n) is 5.12. The number of aliphatic carboxylic acids is 1. The van der Waals surface area contributed by atoms with Crippen LogP contribution in [0.3, 0.4) is 0 Å². The third kappa shape index (κ3) is 4.59. The number of carboxylic acid groups (broad SMARTS) is 1. The van der Waals surface area contributed by atoms with Crippen molar-refractivity contribution in [1.82, 2.24) is 5.32 Å². The molecule has 1 rings (SSSR count). The van der Waals surface area contributed by atoms with E-state index >= 15 is 0 Å². The SMILES string of the molecule is Cc1cccc(CC(=O)NCCC(=O)O)c1. The topological polar surface area (TPSA) is 66.4 Å². The van der Waals surface area contributed by atoms with Crippen LogP contribution in [0.4, 0.5) is 0 Å². The van der Waals surface area contributed by atoms with Gasteiger partial charge in [0.25, 0.3) is 0 Å². The quantitative estimate of drug-likeness (QED) is 0.783. The Morgan fingerprint density at radius 2 is 2.12 bits per heavy atom. The van der Waals surface area contributed by atoms with E-state index in [0.29, 0.717) is 6.42 Å². The van der Waals surface area contributed by atoms with Crippen LogP contribution in [0.15, 0.2) is 24.3 Å². The van der Waals surface area contributed by atoms with E-state index in [1.54, 1.807) is 0 Å². The molecule has 4 nitrogen and oxygen atoms in total. The van der Waals surface area contributed by atoms with E-state index in [9.17, 15) is 9.59 Å². The van der Waals surface area contributed by atoms with Crippen LogP contribution in [0, 0.1) is 6.92 Å². The fourth-order valence-electron chi connectivity index (χ4n) is 1.38. The fourth-order valence-corrected chi connectivity index (χ4v) is 1.38. The molecule has 0 atom stereocenters. The van der Waals surface area contributed by atoms with Gasteiger partial charge in [0.1, 0.15) is 0 Å². The number of nitrogens with one attached hydrogen (secondary N) is 1. The third-order valence-electron chi connectivity index (χ3n) is 2.11. The Morgan fingerprint density at radius 1 is 1.38 bits per heavy atom. The molecule has 86 valence electrons. The molecule has 0 heterocycles. The highest BCUT2D eigenvalue weighted by Gasteiger charge is 2.04. The van der Waals surface area contributed by atoms with Crippen LogP contribution >= 0.6 is 0 Å². The lowest BCUT2D eigenvalue weighted by Gasteiger charge is -2.04. The van der Waals surface area contributed by atoms with Gasteiger partial charge in [-0.1, -0.05) is 29.8 Å². The molecule has 1 aromatic carbocycles. The molecule has 0 aliphatic heterocycles. The van der Waals surface area contributed by atoms with Crippen LogP contribution in [0.25, 0.3) is 0 Å². The molecule has 0 fully saturated rings. The highest BCUT2D eigenvalue weighted by atomic mass is 16.4. The molecule has 0 aliphatic rings. The third-order valence-corrected chi connectivity index (χ3v) is 2.11. The van der Waals surface area contributed by atoms with E-state index in [-0.39, 0.29) is 18.9 Å². The van der Waals surface area contributed by atoms with Gasteiger partial charge in [-0.2, -0.15) is 0 Å². The van der Waals surface area contributed by atoms with E-state index in [0.717, 1.165) is 11.1 Å². The number of carbonyl (C=O) groups is 2. The molecule has 1 aromatic rings. The largest absolute Gasteiger partial charge is 0.481 e. The van der Waals surface area contributed by atoms with Gasteiger partial charge in [-0.25, -0.2) is 0 Å². The van der Waals surface area contributed by atoms with Crippen molar-refractivity contribution in [2.45, 2.75) is 19.8 Å². The fraction of sp³-hybridized carbons (Fsp3) is 0.333. The van der Waals surface area contributed by atoms with Gasteiger partial charge in [0.2, 0.25) is 5.91 Å². The van der Waals surface area contributed by atoms with E-state index in [2.05, 4.69) is 5.32 Å². The summed E-state index contributed by atoms with van der Waals surface area (Å²) in [5.74, 6) is -1.05.